The van der Waals surface area contributed by atoms with Crippen LogP contribution in [0.5, 0.6) is 5.75 Å². The second kappa shape index (κ2) is 9.19. The van der Waals surface area contributed by atoms with Gasteiger partial charge in [-0.15, -0.1) is 0 Å². The molecule has 146 valence electrons. The van der Waals surface area contributed by atoms with Crippen LogP contribution < -0.4 is 15.6 Å². The number of aromatic amines is 1. The van der Waals surface area contributed by atoms with Crippen molar-refractivity contribution in [1.82, 2.24) is 15.2 Å². The van der Waals surface area contributed by atoms with E-state index in [1.165, 1.54) is 12.8 Å². The molecule has 6 nitrogen and oxygen atoms in total. The molecule has 0 aliphatic heterocycles. The van der Waals surface area contributed by atoms with E-state index in [-0.39, 0.29) is 5.56 Å². The zero-order chi connectivity index (χ0) is 19.2. The number of nitrogens with one attached hydrogen (secondary N) is 2. The molecule has 0 unspecified atom stereocenters. The molecule has 0 atom stereocenters. The standard InChI is InChI=1S/C20H27N3O3S/c1-25-10-9-21-20(27)23(16-5-3-4-6-16)13-15-11-14-12-17(26-2)7-8-18(14)22-19(15)24/h7-8,11-12,16H,3-6,9-10,13H2,1-2H3,(H,21,27)(H,22,24). The second-order valence-corrected chi connectivity index (χ2v) is 7.25. The van der Waals surface area contributed by atoms with Crippen molar-refractivity contribution < 1.29 is 9.47 Å². The number of aromatic nitrogens is 1. The molecule has 0 spiro atoms. The van der Waals surface area contributed by atoms with E-state index in [0.717, 1.165) is 29.5 Å². The number of benzene rings is 1. The first-order valence-corrected chi connectivity index (χ1v) is 9.76. The van der Waals surface area contributed by atoms with Gasteiger partial charge in [-0.05, 0) is 49.3 Å². The highest BCUT2D eigenvalue weighted by Gasteiger charge is 2.25. The van der Waals surface area contributed by atoms with Crippen LogP contribution in [0, 0.1) is 0 Å². The van der Waals surface area contributed by atoms with Gasteiger partial charge in [0.1, 0.15) is 5.75 Å². The van der Waals surface area contributed by atoms with Gasteiger partial charge in [0.2, 0.25) is 0 Å². The normalized spacial score (nSPS) is 14.4. The molecule has 1 aliphatic carbocycles. The highest BCUT2D eigenvalue weighted by molar-refractivity contribution is 7.80. The van der Waals surface area contributed by atoms with Gasteiger partial charge in [-0.2, -0.15) is 0 Å². The van der Waals surface area contributed by atoms with E-state index in [4.69, 9.17) is 21.7 Å². The summed E-state index contributed by atoms with van der Waals surface area (Å²) in [7, 11) is 3.31. The van der Waals surface area contributed by atoms with Crippen LogP contribution in [0.25, 0.3) is 10.9 Å². The molecule has 1 aliphatic rings. The number of ether oxygens (including phenoxy) is 2. The lowest BCUT2D eigenvalue weighted by molar-refractivity contribution is 0.201. The van der Waals surface area contributed by atoms with Gasteiger partial charge in [0.25, 0.3) is 5.56 Å². The molecule has 0 amide bonds. The Labute approximate surface area is 164 Å². The molecule has 1 aromatic heterocycles. The van der Waals surface area contributed by atoms with Gasteiger partial charge in [-0.25, -0.2) is 0 Å². The maximum Gasteiger partial charge on any atom is 0.253 e. The van der Waals surface area contributed by atoms with Crippen LogP contribution >= 0.6 is 12.2 Å². The monoisotopic (exact) mass is 389 g/mol. The van der Waals surface area contributed by atoms with Gasteiger partial charge in [0.15, 0.2) is 5.11 Å². The van der Waals surface area contributed by atoms with E-state index in [2.05, 4.69) is 15.2 Å². The number of hydrogen-bond acceptors (Lipinski definition) is 4. The van der Waals surface area contributed by atoms with Crippen LogP contribution in [0.1, 0.15) is 31.2 Å². The number of thiocarbonyl (C=S) groups is 1. The lowest BCUT2D eigenvalue weighted by Crippen LogP contribution is -2.46. The molecule has 7 heteroatoms. The number of nitrogens with zero attached hydrogens (tertiary/aromatic N) is 1. The van der Waals surface area contributed by atoms with Gasteiger partial charge >= 0.3 is 0 Å². The Kier molecular flexibility index (Phi) is 6.68. The fourth-order valence-corrected chi connectivity index (χ4v) is 3.92. The van der Waals surface area contributed by atoms with E-state index < -0.39 is 0 Å². The molecular formula is C20H27N3O3S. The van der Waals surface area contributed by atoms with E-state index >= 15 is 0 Å². The van der Waals surface area contributed by atoms with Crippen molar-refractivity contribution in [3.05, 3.63) is 40.2 Å². The first-order chi connectivity index (χ1) is 13.1. The molecule has 0 saturated heterocycles. The maximum atomic E-state index is 12.6. The van der Waals surface area contributed by atoms with Crippen molar-refractivity contribution in [2.45, 2.75) is 38.3 Å². The molecule has 2 aromatic rings. The Bertz CT molecular complexity index is 846. The summed E-state index contributed by atoms with van der Waals surface area (Å²) in [4.78, 5) is 17.8. The zero-order valence-electron chi connectivity index (χ0n) is 15.9. The predicted molar refractivity (Wildman–Crippen MR) is 111 cm³/mol. The van der Waals surface area contributed by atoms with Crippen molar-refractivity contribution in [3.63, 3.8) is 0 Å². The fraction of sp³-hybridized carbons (Fsp3) is 0.500. The highest BCUT2D eigenvalue weighted by Crippen LogP contribution is 2.25. The number of hydrogen-bond donors (Lipinski definition) is 2. The van der Waals surface area contributed by atoms with Crippen molar-refractivity contribution in [2.24, 2.45) is 0 Å². The smallest absolute Gasteiger partial charge is 0.253 e. The van der Waals surface area contributed by atoms with Crippen LogP contribution in [0.2, 0.25) is 0 Å². The van der Waals surface area contributed by atoms with Crippen LogP contribution in [-0.2, 0) is 11.3 Å². The van der Waals surface area contributed by atoms with Gasteiger partial charge in [0.05, 0.1) is 20.3 Å². The first kappa shape index (κ1) is 19.6. The summed E-state index contributed by atoms with van der Waals surface area (Å²) in [5, 5.41) is 4.89. The average molecular weight is 390 g/mol. The van der Waals surface area contributed by atoms with Gasteiger partial charge in [-0.1, -0.05) is 12.8 Å². The third kappa shape index (κ3) is 4.78. The lowest BCUT2D eigenvalue weighted by atomic mass is 10.1. The zero-order valence-corrected chi connectivity index (χ0v) is 16.7. The summed E-state index contributed by atoms with van der Waals surface area (Å²) < 4.78 is 10.4. The van der Waals surface area contributed by atoms with Crippen LogP contribution in [-0.4, -0.2) is 48.4 Å². The molecule has 1 saturated carbocycles. The minimum absolute atomic E-state index is 0.0737. The Hall–Kier alpha value is -2.12. The Morgan fingerprint density at radius 2 is 2.07 bits per heavy atom. The molecular weight excluding hydrogens is 362 g/mol. The average Bonchev–Trinajstić information content (AvgIpc) is 3.20. The second-order valence-electron chi connectivity index (χ2n) is 6.87. The molecule has 0 bridgehead atoms. The molecule has 1 heterocycles. The number of H-pyrrole nitrogens is 1. The molecule has 0 radical (unpaired) electrons. The Morgan fingerprint density at radius 1 is 1.30 bits per heavy atom. The van der Waals surface area contributed by atoms with Gasteiger partial charge < -0.3 is 24.7 Å². The summed E-state index contributed by atoms with van der Waals surface area (Å²) >= 11 is 5.63. The number of rotatable bonds is 7. The van der Waals surface area contributed by atoms with Crippen molar-refractivity contribution >= 4 is 28.2 Å². The van der Waals surface area contributed by atoms with Gasteiger partial charge in [0, 0.05) is 36.2 Å². The van der Waals surface area contributed by atoms with E-state index in [1.807, 2.05) is 24.3 Å². The molecule has 1 fully saturated rings. The largest absolute Gasteiger partial charge is 0.497 e. The summed E-state index contributed by atoms with van der Waals surface area (Å²) in [5.41, 5.74) is 1.44. The summed E-state index contributed by atoms with van der Waals surface area (Å²) in [6.45, 7) is 1.74. The van der Waals surface area contributed by atoms with Crippen molar-refractivity contribution in [2.75, 3.05) is 27.4 Å². The quantitative estimate of drug-likeness (QED) is 0.561. The molecule has 27 heavy (non-hydrogen) atoms. The van der Waals surface area contributed by atoms with E-state index in [9.17, 15) is 4.79 Å². The minimum atomic E-state index is -0.0737. The van der Waals surface area contributed by atoms with Crippen molar-refractivity contribution in [1.29, 1.82) is 0 Å². The molecule has 2 N–H and O–H groups in total. The third-order valence-electron chi connectivity index (χ3n) is 5.08. The predicted octanol–water partition coefficient (Wildman–Crippen LogP) is 2.80. The van der Waals surface area contributed by atoms with Crippen LogP contribution in [0.15, 0.2) is 29.1 Å². The maximum absolute atomic E-state index is 12.6. The first-order valence-electron chi connectivity index (χ1n) is 9.35. The lowest BCUT2D eigenvalue weighted by Gasteiger charge is -2.31. The SMILES string of the molecule is COCCNC(=S)N(Cc1cc2cc(OC)ccc2[nH]c1=O)C1CCCC1. The number of fused-ring (bicyclic) bond motifs is 1. The Balaban J connectivity index is 1.86. The number of pyridine rings is 1. The fourth-order valence-electron chi connectivity index (χ4n) is 3.60. The third-order valence-corrected chi connectivity index (χ3v) is 5.46. The number of methoxy groups -OCH3 is 2. The summed E-state index contributed by atoms with van der Waals surface area (Å²) in [6, 6.07) is 7.95. The molecule has 1 aromatic carbocycles. The van der Waals surface area contributed by atoms with Crippen LogP contribution in [0.3, 0.4) is 0 Å². The van der Waals surface area contributed by atoms with Crippen LogP contribution in [0.4, 0.5) is 0 Å². The minimum Gasteiger partial charge on any atom is -0.497 e. The molecule has 3 rings (SSSR count). The highest BCUT2D eigenvalue weighted by atomic mass is 32.1. The van der Waals surface area contributed by atoms with Gasteiger partial charge in [-0.3, -0.25) is 4.79 Å². The van der Waals surface area contributed by atoms with E-state index in [1.54, 1.807) is 14.2 Å². The Morgan fingerprint density at radius 3 is 2.78 bits per heavy atom. The topological polar surface area (TPSA) is 66.6 Å². The van der Waals surface area contributed by atoms with E-state index in [0.29, 0.717) is 36.4 Å². The summed E-state index contributed by atoms with van der Waals surface area (Å²) in [5.74, 6) is 0.768. The van der Waals surface area contributed by atoms with Crippen molar-refractivity contribution in [3.8, 4) is 5.75 Å². The summed E-state index contributed by atoms with van der Waals surface area (Å²) in [6.07, 6.45) is 4.61.